The third-order valence-corrected chi connectivity index (χ3v) is 5.74. The van der Waals surface area contributed by atoms with Crippen LogP contribution >= 0.6 is 11.3 Å². The zero-order chi connectivity index (χ0) is 14.9. The molecule has 21 heavy (non-hydrogen) atoms. The van der Waals surface area contributed by atoms with Crippen LogP contribution in [0.4, 0.5) is 4.39 Å². The number of halogens is 1. The fourth-order valence-corrected chi connectivity index (χ4v) is 4.27. The summed E-state index contributed by atoms with van der Waals surface area (Å²) in [6.45, 7) is 0.604. The van der Waals surface area contributed by atoms with Crippen molar-refractivity contribution in [1.29, 1.82) is 0 Å². The van der Waals surface area contributed by atoms with Crippen LogP contribution in [0.25, 0.3) is 0 Å². The lowest BCUT2D eigenvalue weighted by molar-refractivity contribution is 0.214. The Morgan fingerprint density at radius 1 is 1.43 bits per heavy atom. The third-order valence-electron chi connectivity index (χ3n) is 3.22. The Balaban J connectivity index is 1.73. The van der Waals surface area contributed by atoms with Crippen molar-refractivity contribution < 1.29 is 17.5 Å². The van der Waals surface area contributed by atoms with E-state index in [1.54, 1.807) is 11.6 Å². The standard InChI is InChI=1S/C13H13FN2O3S2/c14-10-2-1-3-12(8-10)21(17,18)16-6-4-11(9-16)19-13-15-5-7-20-13/h1-3,5,7-8,11H,4,6,9H2. The molecular formula is C13H13FN2O3S2. The van der Waals surface area contributed by atoms with Crippen LogP contribution in [-0.4, -0.2) is 36.9 Å². The Bertz CT molecular complexity index is 719. The van der Waals surface area contributed by atoms with Crippen molar-refractivity contribution in [3.05, 3.63) is 41.7 Å². The maximum absolute atomic E-state index is 13.2. The van der Waals surface area contributed by atoms with E-state index in [-0.39, 0.29) is 17.5 Å². The summed E-state index contributed by atoms with van der Waals surface area (Å²) in [5, 5.41) is 2.33. The lowest BCUT2D eigenvalue weighted by Gasteiger charge is -2.16. The number of aromatic nitrogens is 1. The van der Waals surface area contributed by atoms with Crippen LogP contribution in [-0.2, 0) is 10.0 Å². The smallest absolute Gasteiger partial charge is 0.273 e. The topological polar surface area (TPSA) is 59.5 Å². The molecule has 5 nitrogen and oxygen atoms in total. The molecule has 0 bridgehead atoms. The van der Waals surface area contributed by atoms with E-state index < -0.39 is 15.8 Å². The van der Waals surface area contributed by atoms with E-state index in [1.165, 1.54) is 33.8 Å². The number of ether oxygens (including phenoxy) is 1. The van der Waals surface area contributed by atoms with Crippen molar-refractivity contribution in [2.45, 2.75) is 17.4 Å². The Hall–Kier alpha value is -1.51. The fraction of sp³-hybridized carbons (Fsp3) is 0.308. The average molecular weight is 328 g/mol. The lowest BCUT2D eigenvalue weighted by Crippen LogP contribution is -2.31. The van der Waals surface area contributed by atoms with Gasteiger partial charge in [0.15, 0.2) is 0 Å². The molecule has 1 aromatic carbocycles. The molecule has 0 saturated carbocycles. The molecular weight excluding hydrogens is 315 g/mol. The van der Waals surface area contributed by atoms with Gasteiger partial charge in [-0.3, -0.25) is 0 Å². The first-order chi connectivity index (χ1) is 10.1. The summed E-state index contributed by atoms with van der Waals surface area (Å²) in [4.78, 5) is 3.99. The van der Waals surface area contributed by atoms with E-state index in [1.807, 2.05) is 0 Å². The predicted octanol–water partition coefficient (Wildman–Crippen LogP) is 2.12. The molecule has 1 fully saturated rings. The number of thiazole rings is 1. The predicted molar refractivity (Wildman–Crippen MR) is 76.3 cm³/mol. The number of sulfonamides is 1. The van der Waals surface area contributed by atoms with Crippen molar-refractivity contribution in [1.82, 2.24) is 9.29 Å². The highest BCUT2D eigenvalue weighted by atomic mass is 32.2. The molecule has 1 unspecified atom stereocenters. The van der Waals surface area contributed by atoms with Crippen LogP contribution < -0.4 is 4.74 Å². The third kappa shape index (κ3) is 3.07. The molecule has 2 heterocycles. The number of nitrogens with zero attached hydrogens (tertiary/aromatic N) is 2. The average Bonchev–Trinajstić information content (AvgIpc) is 3.11. The minimum absolute atomic E-state index is 0.0302. The zero-order valence-electron chi connectivity index (χ0n) is 11.0. The Labute approximate surface area is 126 Å². The van der Waals surface area contributed by atoms with Crippen molar-refractivity contribution in [3.63, 3.8) is 0 Å². The Kier molecular flexibility index (Phi) is 3.92. The zero-order valence-corrected chi connectivity index (χ0v) is 12.6. The van der Waals surface area contributed by atoms with Gasteiger partial charge in [-0.2, -0.15) is 4.31 Å². The second-order valence-electron chi connectivity index (χ2n) is 4.65. The summed E-state index contributed by atoms with van der Waals surface area (Å²) in [6, 6.07) is 5.04. The summed E-state index contributed by atoms with van der Waals surface area (Å²) < 4.78 is 45.0. The number of hydrogen-bond donors (Lipinski definition) is 0. The molecule has 8 heteroatoms. The van der Waals surface area contributed by atoms with Gasteiger partial charge in [0.05, 0.1) is 11.4 Å². The van der Waals surface area contributed by atoms with Crippen LogP contribution in [0.5, 0.6) is 5.19 Å². The molecule has 0 N–H and O–H groups in total. The van der Waals surface area contributed by atoms with Gasteiger partial charge in [0, 0.05) is 18.1 Å². The second-order valence-corrected chi connectivity index (χ2v) is 7.44. The molecule has 0 spiro atoms. The molecule has 3 rings (SSSR count). The van der Waals surface area contributed by atoms with E-state index in [2.05, 4.69) is 4.98 Å². The Morgan fingerprint density at radius 3 is 3.00 bits per heavy atom. The molecule has 0 radical (unpaired) electrons. The van der Waals surface area contributed by atoms with Crippen molar-refractivity contribution in [2.75, 3.05) is 13.1 Å². The second kappa shape index (κ2) is 5.70. The van der Waals surface area contributed by atoms with E-state index in [0.717, 1.165) is 6.07 Å². The first-order valence-electron chi connectivity index (χ1n) is 6.37. The van der Waals surface area contributed by atoms with Crippen LogP contribution in [0, 0.1) is 5.82 Å². The molecule has 2 aromatic rings. The minimum Gasteiger partial charge on any atom is -0.465 e. The molecule has 1 saturated heterocycles. The molecule has 112 valence electrons. The molecule has 0 amide bonds. The summed E-state index contributed by atoms with van der Waals surface area (Å²) in [5.41, 5.74) is 0. The maximum atomic E-state index is 13.2. The van der Waals surface area contributed by atoms with E-state index in [4.69, 9.17) is 4.74 Å². The van der Waals surface area contributed by atoms with Gasteiger partial charge in [-0.05, 0) is 24.6 Å². The SMILES string of the molecule is O=S(=O)(c1cccc(F)c1)N1CCC(Oc2nccs2)C1. The number of benzene rings is 1. The van der Waals surface area contributed by atoms with Gasteiger partial charge in [-0.25, -0.2) is 17.8 Å². The van der Waals surface area contributed by atoms with Crippen LogP contribution in [0.1, 0.15) is 6.42 Å². The van der Waals surface area contributed by atoms with Crippen molar-refractivity contribution in [3.8, 4) is 5.19 Å². The molecule has 1 aliphatic heterocycles. The van der Waals surface area contributed by atoms with E-state index >= 15 is 0 Å². The number of rotatable bonds is 4. The van der Waals surface area contributed by atoms with Crippen LogP contribution in [0.2, 0.25) is 0 Å². The summed E-state index contributed by atoms with van der Waals surface area (Å²) in [6.07, 6.45) is 2.00. The van der Waals surface area contributed by atoms with Gasteiger partial charge in [0.1, 0.15) is 11.9 Å². The van der Waals surface area contributed by atoms with Gasteiger partial charge in [-0.15, -0.1) is 0 Å². The highest BCUT2D eigenvalue weighted by molar-refractivity contribution is 7.89. The van der Waals surface area contributed by atoms with E-state index in [0.29, 0.717) is 18.2 Å². The minimum atomic E-state index is -3.68. The van der Waals surface area contributed by atoms with Gasteiger partial charge in [0.2, 0.25) is 10.0 Å². The van der Waals surface area contributed by atoms with Gasteiger partial charge >= 0.3 is 0 Å². The maximum Gasteiger partial charge on any atom is 0.273 e. The fourth-order valence-electron chi connectivity index (χ4n) is 2.20. The largest absolute Gasteiger partial charge is 0.465 e. The molecule has 0 aliphatic carbocycles. The summed E-state index contributed by atoms with van der Waals surface area (Å²) in [5.74, 6) is -0.564. The monoisotopic (exact) mass is 328 g/mol. The number of hydrogen-bond acceptors (Lipinski definition) is 5. The normalized spacial score (nSPS) is 19.8. The first-order valence-corrected chi connectivity index (χ1v) is 8.69. The van der Waals surface area contributed by atoms with Crippen LogP contribution in [0.3, 0.4) is 0 Å². The summed E-state index contributed by atoms with van der Waals surface area (Å²) >= 11 is 1.37. The van der Waals surface area contributed by atoms with Gasteiger partial charge in [-0.1, -0.05) is 17.4 Å². The molecule has 1 aliphatic rings. The van der Waals surface area contributed by atoms with Crippen molar-refractivity contribution >= 4 is 21.4 Å². The van der Waals surface area contributed by atoms with Gasteiger partial charge in [0.25, 0.3) is 5.19 Å². The quantitative estimate of drug-likeness (QED) is 0.863. The Morgan fingerprint density at radius 2 is 2.29 bits per heavy atom. The van der Waals surface area contributed by atoms with Crippen LogP contribution in [0.15, 0.2) is 40.7 Å². The summed E-state index contributed by atoms with van der Waals surface area (Å²) in [7, 11) is -3.68. The first kappa shape index (κ1) is 14.4. The van der Waals surface area contributed by atoms with Gasteiger partial charge < -0.3 is 4.74 Å². The van der Waals surface area contributed by atoms with Crippen molar-refractivity contribution in [2.24, 2.45) is 0 Å². The highest BCUT2D eigenvalue weighted by Gasteiger charge is 2.34. The van der Waals surface area contributed by atoms with E-state index in [9.17, 15) is 12.8 Å². The lowest BCUT2D eigenvalue weighted by atomic mass is 10.3. The molecule has 1 aromatic heterocycles. The highest BCUT2D eigenvalue weighted by Crippen LogP contribution is 2.25. The molecule has 1 atom stereocenters.